The van der Waals surface area contributed by atoms with E-state index in [1.165, 1.54) is 12.1 Å². The van der Waals surface area contributed by atoms with Crippen LogP contribution in [0, 0.1) is 17.4 Å². The van der Waals surface area contributed by atoms with E-state index in [2.05, 4.69) is 5.32 Å². The van der Waals surface area contributed by atoms with Gasteiger partial charge in [-0.3, -0.25) is 14.9 Å². The van der Waals surface area contributed by atoms with Crippen molar-refractivity contribution in [2.75, 3.05) is 4.90 Å². The molecule has 0 aromatic heterocycles. The lowest BCUT2D eigenvalue weighted by atomic mass is 10.1. The first kappa shape index (κ1) is 18.1. The summed E-state index contributed by atoms with van der Waals surface area (Å²) in [6.07, 6.45) is 1.40. The van der Waals surface area contributed by atoms with Gasteiger partial charge in [-0.05, 0) is 83.5 Å². The summed E-state index contributed by atoms with van der Waals surface area (Å²) in [5.74, 6) is -1.33. The molecule has 1 heterocycles. The van der Waals surface area contributed by atoms with Crippen molar-refractivity contribution >= 4 is 52.2 Å². The van der Waals surface area contributed by atoms with Crippen LogP contribution in [0.5, 0.6) is 5.75 Å². The van der Waals surface area contributed by atoms with Crippen molar-refractivity contribution in [1.82, 2.24) is 5.32 Å². The number of barbiturate groups is 1. The number of urea groups is 1. The maximum absolute atomic E-state index is 12.8. The highest BCUT2D eigenvalue weighted by Crippen LogP contribution is 2.26. The highest BCUT2D eigenvalue weighted by atomic mass is 127. The van der Waals surface area contributed by atoms with E-state index in [1.54, 1.807) is 24.3 Å². The zero-order valence-electron chi connectivity index (χ0n) is 14.0. The molecule has 1 fully saturated rings. The molecule has 1 aliphatic rings. The number of nitrogens with zero attached hydrogens (tertiary/aromatic N) is 1. The van der Waals surface area contributed by atoms with E-state index < -0.39 is 17.8 Å². The van der Waals surface area contributed by atoms with Crippen LogP contribution in [0.25, 0.3) is 6.08 Å². The first-order valence-electron chi connectivity index (χ1n) is 7.75. The van der Waals surface area contributed by atoms with Gasteiger partial charge in [0.1, 0.15) is 11.3 Å². The second-order valence-electron chi connectivity index (χ2n) is 5.94. The van der Waals surface area contributed by atoms with Crippen LogP contribution in [0.2, 0.25) is 0 Å². The van der Waals surface area contributed by atoms with Crippen molar-refractivity contribution in [1.29, 1.82) is 0 Å². The highest BCUT2D eigenvalue weighted by Gasteiger charge is 2.36. The smallest absolute Gasteiger partial charge is 0.335 e. The molecule has 26 heavy (non-hydrogen) atoms. The zero-order valence-corrected chi connectivity index (χ0v) is 16.2. The van der Waals surface area contributed by atoms with E-state index >= 15 is 0 Å². The number of imide groups is 2. The first-order chi connectivity index (χ1) is 12.3. The Hall–Kier alpha value is -2.68. The number of phenolic OH excluding ortho intramolecular Hbond substituents is 1. The second-order valence-corrected chi connectivity index (χ2v) is 7.10. The number of aryl methyl sites for hydroxylation is 2. The van der Waals surface area contributed by atoms with Crippen LogP contribution < -0.4 is 10.2 Å². The number of aromatic hydroxyl groups is 1. The summed E-state index contributed by atoms with van der Waals surface area (Å²) in [7, 11) is 0. The number of halogens is 1. The summed E-state index contributed by atoms with van der Waals surface area (Å²) >= 11 is 1.95. The van der Waals surface area contributed by atoms with Crippen molar-refractivity contribution in [2.45, 2.75) is 13.8 Å². The Morgan fingerprint density at radius 3 is 2.42 bits per heavy atom. The van der Waals surface area contributed by atoms with Gasteiger partial charge in [0.05, 0.1) is 9.26 Å². The fraction of sp³-hybridized carbons (Fsp3) is 0.105. The molecule has 0 spiro atoms. The number of phenols is 1. The van der Waals surface area contributed by atoms with Gasteiger partial charge in [-0.15, -0.1) is 0 Å². The SMILES string of the molecule is Cc1ccc(N2C(=O)NC(=O)C(=Cc3ccc(O)c(I)c3)C2=O)cc1C. The summed E-state index contributed by atoms with van der Waals surface area (Å²) in [5.41, 5.74) is 2.78. The van der Waals surface area contributed by atoms with Gasteiger partial charge in [-0.25, -0.2) is 9.69 Å². The van der Waals surface area contributed by atoms with E-state index in [-0.39, 0.29) is 11.3 Å². The molecule has 0 unspecified atom stereocenters. The number of hydrogen-bond donors (Lipinski definition) is 2. The van der Waals surface area contributed by atoms with Crippen molar-refractivity contribution in [3.05, 3.63) is 62.2 Å². The standard InChI is InChI=1S/C19H15IN2O4/c1-10-3-5-13(7-11(10)2)22-18(25)14(17(24)21-19(22)26)8-12-4-6-16(23)15(20)9-12/h3-9,23H,1-2H3,(H,21,24,26). The molecule has 0 saturated carbocycles. The first-order valence-corrected chi connectivity index (χ1v) is 8.83. The monoisotopic (exact) mass is 462 g/mol. The molecule has 1 saturated heterocycles. The Morgan fingerprint density at radius 2 is 1.77 bits per heavy atom. The molecule has 6 nitrogen and oxygen atoms in total. The van der Waals surface area contributed by atoms with Crippen molar-refractivity contribution in [3.63, 3.8) is 0 Å². The molecule has 0 atom stereocenters. The van der Waals surface area contributed by atoms with Crippen LogP contribution in [0.1, 0.15) is 16.7 Å². The van der Waals surface area contributed by atoms with E-state index in [0.717, 1.165) is 16.0 Å². The summed E-state index contributed by atoms with van der Waals surface area (Å²) in [5, 5.41) is 11.8. The molecular weight excluding hydrogens is 447 g/mol. The van der Waals surface area contributed by atoms with Crippen molar-refractivity contribution in [3.8, 4) is 5.75 Å². The average Bonchev–Trinajstić information content (AvgIpc) is 2.57. The number of anilines is 1. The van der Waals surface area contributed by atoms with Crippen LogP contribution in [0.4, 0.5) is 10.5 Å². The van der Waals surface area contributed by atoms with Gasteiger partial charge in [0.15, 0.2) is 0 Å². The third-order valence-electron chi connectivity index (χ3n) is 4.13. The van der Waals surface area contributed by atoms with Crippen LogP contribution in [0.15, 0.2) is 42.0 Å². The van der Waals surface area contributed by atoms with E-state index in [0.29, 0.717) is 14.8 Å². The van der Waals surface area contributed by atoms with E-state index in [1.807, 2.05) is 42.5 Å². The third-order valence-corrected chi connectivity index (χ3v) is 5.00. The number of hydrogen-bond acceptors (Lipinski definition) is 4. The molecule has 3 rings (SSSR count). The van der Waals surface area contributed by atoms with E-state index in [4.69, 9.17) is 0 Å². The van der Waals surface area contributed by atoms with Crippen LogP contribution >= 0.6 is 22.6 Å². The number of rotatable bonds is 2. The molecule has 0 aliphatic carbocycles. The summed E-state index contributed by atoms with van der Waals surface area (Å²) in [4.78, 5) is 38.2. The molecule has 0 radical (unpaired) electrons. The number of carbonyl (C=O) groups is 3. The van der Waals surface area contributed by atoms with Gasteiger partial charge < -0.3 is 5.11 Å². The van der Waals surface area contributed by atoms with Crippen molar-refractivity contribution in [2.24, 2.45) is 0 Å². The minimum absolute atomic E-state index is 0.110. The fourth-order valence-corrected chi connectivity index (χ4v) is 3.08. The number of carbonyl (C=O) groups excluding carboxylic acids is 3. The van der Waals surface area contributed by atoms with Gasteiger partial charge in [0, 0.05) is 0 Å². The predicted octanol–water partition coefficient (Wildman–Crippen LogP) is 3.28. The highest BCUT2D eigenvalue weighted by molar-refractivity contribution is 14.1. The number of amides is 4. The predicted molar refractivity (Wildman–Crippen MR) is 106 cm³/mol. The Bertz CT molecular complexity index is 981. The molecule has 1 aliphatic heterocycles. The van der Waals surface area contributed by atoms with Crippen LogP contribution in [-0.2, 0) is 9.59 Å². The number of benzene rings is 2. The summed E-state index contributed by atoms with van der Waals surface area (Å²) in [6, 6.07) is 9.13. The fourth-order valence-electron chi connectivity index (χ4n) is 2.54. The van der Waals surface area contributed by atoms with Gasteiger partial charge in [0.25, 0.3) is 11.8 Å². The summed E-state index contributed by atoms with van der Waals surface area (Å²) in [6.45, 7) is 3.81. The molecular formula is C19H15IN2O4. The third kappa shape index (κ3) is 3.34. The molecule has 0 bridgehead atoms. The van der Waals surface area contributed by atoms with Crippen LogP contribution in [0.3, 0.4) is 0 Å². The topological polar surface area (TPSA) is 86.7 Å². The number of nitrogens with one attached hydrogen (secondary N) is 1. The average molecular weight is 462 g/mol. The van der Waals surface area contributed by atoms with Crippen molar-refractivity contribution < 1.29 is 19.5 Å². The van der Waals surface area contributed by atoms with Gasteiger partial charge in [0.2, 0.25) is 0 Å². The lowest BCUT2D eigenvalue weighted by Gasteiger charge is -2.26. The van der Waals surface area contributed by atoms with Gasteiger partial charge in [-0.2, -0.15) is 0 Å². The lowest BCUT2D eigenvalue weighted by Crippen LogP contribution is -2.54. The second kappa shape index (κ2) is 6.91. The molecule has 2 aromatic rings. The summed E-state index contributed by atoms with van der Waals surface area (Å²) < 4.78 is 0.586. The zero-order chi connectivity index (χ0) is 19.0. The maximum Gasteiger partial charge on any atom is 0.335 e. The van der Waals surface area contributed by atoms with Gasteiger partial charge >= 0.3 is 6.03 Å². The molecule has 4 amide bonds. The Labute approximate surface area is 163 Å². The minimum Gasteiger partial charge on any atom is -0.507 e. The Kier molecular flexibility index (Phi) is 4.82. The maximum atomic E-state index is 12.8. The van der Waals surface area contributed by atoms with E-state index in [9.17, 15) is 19.5 Å². The van der Waals surface area contributed by atoms with Crippen LogP contribution in [-0.4, -0.2) is 23.0 Å². The Morgan fingerprint density at radius 1 is 1.04 bits per heavy atom. The van der Waals surface area contributed by atoms with Gasteiger partial charge in [-0.1, -0.05) is 12.1 Å². The lowest BCUT2D eigenvalue weighted by molar-refractivity contribution is -0.122. The molecule has 2 aromatic carbocycles. The largest absolute Gasteiger partial charge is 0.507 e. The molecule has 2 N–H and O–H groups in total. The quantitative estimate of drug-likeness (QED) is 0.408. The molecule has 7 heteroatoms. The Balaban J connectivity index is 2.03. The molecule has 132 valence electrons. The minimum atomic E-state index is -0.777. The normalized spacial score (nSPS) is 16.2.